The van der Waals surface area contributed by atoms with Gasteiger partial charge in [-0.3, -0.25) is 4.79 Å². The number of amidine groups is 1. The highest BCUT2D eigenvalue weighted by molar-refractivity contribution is 6.41. The van der Waals surface area contributed by atoms with Crippen LogP contribution in [0.25, 0.3) is 22.2 Å². The summed E-state index contributed by atoms with van der Waals surface area (Å²) < 4.78 is 10.9. The first kappa shape index (κ1) is 26.7. The van der Waals surface area contributed by atoms with E-state index in [-0.39, 0.29) is 5.91 Å². The largest absolute Gasteiger partial charge is 0.495 e. The molecular formula is C26H28Cl2N6O3. The number of likely N-dealkylation sites (N-methyl/N-ethyl adjacent to an activating group) is 2. The number of hydrogen-bond acceptors (Lipinski definition) is 8. The minimum Gasteiger partial charge on any atom is -0.495 e. The molecule has 4 rings (SSSR count). The van der Waals surface area contributed by atoms with Crippen molar-refractivity contribution in [1.29, 1.82) is 0 Å². The van der Waals surface area contributed by atoms with Crippen LogP contribution in [0.5, 0.6) is 11.5 Å². The molecule has 9 nitrogen and oxygen atoms in total. The van der Waals surface area contributed by atoms with E-state index in [1.54, 1.807) is 30.6 Å². The second kappa shape index (κ2) is 11.3. The average molecular weight is 543 g/mol. The van der Waals surface area contributed by atoms with Gasteiger partial charge in [0, 0.05) is 50.0 Å². The number of aromatic nitrogens is 2. The van der Waals surface area contributed by atoms with Crippen LogP contribution in [0, 0.1) is 0 Å². The summed E-state index contributed by atoms with van der Waals surface area (Å²) in [6, 6.07) is 5.07. The maximum atomic E-state index is 13.2. The molecule has 0 unspecified atom stereocenters. The van der Waals surface area contributed by atoms with Crippen LogP contribution < -0.4 is 19.7 Å². The summed E-state index contributed by atoms with van der Waals surface area (Å²) in [6.45, 7) is 1.55. The highest BCUT2D eigenvalue weighted by atomic mass is 35.5. The third-order valence-corrected chi connectivity index (χ3v) is 6.70. The predicted octanol–water partition coefficient (Wildman–Crippen LogP) is 4.66. The fourth-order valence-corrected chi connectivity index (χ4v) is 4.59. The van der Waals surface area contributed by atoms with E-state index < -0.39 is 0 Å². The van der Waals surface area contributed by atoms with Gasteiger partial charge < -0.3 is 24.6 Å². The number of carbonyl (C=O) groups is 1. The van der Waals surface area contributed by atoms with Gasteiger partial charge in [0.1, 0.15) is 28.7 Å². The maximum Gasteiger partial charge on any atom is 0.258 e. The summed E-state index contributed by atoms with van der Waals surface area (Å²) in [6.07, 6.45) is 5.74. The highest BCUT2D eigenvalue weighted by Crippen LogP contribution is 2.47. The van der Waals surface area contributed by atoms with E-state index in [4.69, 9.17) is 37.7 Å². The quantitative estimate of drug-likeness (QED) is 0.442. The molecule has 0 radical (unpaired) electrons. The van der Waals surface area contributed by atoms with Gasteiger partial charge in [-0.15, -0.1) is 0 Å². The Hall–Kier alpha value is -3.40. The van der Waals surface area contributed by atoms with Crippen molar-refractivity contribution in [1.82, 2.24) is 20.2 Å². The molecule has 11 heteroatoms. The molecule has 0 saturated carbocycles. The number of hydrogen-bond donors (Lipinski definition) is 1. The van der Waals surface area contributed by atoms with Crippen molar-refractivity contribution in [3.63, 3.8) is 0 Å². The fourth-order valence-electron chi connectivity index (χ4n) is 3.89. The molecule has 0 atom stereocenters. The van der Waals surface area contributed by atoms with Crippen molar-refractivity contribution >= 4 is 51.8 Å². The number of halogens is 2. The number of ether oxygens (including phenoxy) is 2. The molecule has 2 aromatic carbocycles. The number of aliphatic imine (C=N–C) groups is 1. The molecule has 0 bridgehead atoms. The summed E-state index contributed by atoms with van der Waals surface area (Å²) in [5, 5.41) is 3.44. The van der Waals surface area contributed by atoms with Crippen molar-refractivity contribution in [2.45, 2.75) is 6.42 Å². The molecule has 2 heterocycles. The second-order valence-corrected chi connectivity index (χ2v) is 9.47. The van der Waals surface area contributed by atoms with Gasteiger partial charge in [-0.05, 0) is 20.2 Å². The summed E-state index contributed by atoms with van der Waals surface area (Å²) >= 11 is 13.5. The zero-order chi connectivity index (χ0) is 26.7. The Balaban J connectivity index is 1.92. The Morgan fingerprint density at radius 3 is 2.35 bits per heavy atom. The highest BCUT2D eigenvalue weighted by Gasteiger charge is 2.24. The Bertz CT molecular complexity index is 1380. The molecule has 1 aromatic heterocycles. The first-order valence-corrected chi connectivity index (χ1v) is 12.3. The topological polar surface area (TPSA) is 92.2 Å². The SMILES string of the molecule is COc1cc(OC)c(Cl)c(-c2ccc(C(=O)NC3=NC=CC3)c3ncc(N(C)CCN(C)C)nc23)c1Cl. The van der Waals surface area contributed by atoms with Crippen LogP contribution in [0.15, 0.2) is 41.7 Å². The fraction of sp³-hybridized carbons (Fsp3) is 0.308. The van der Waals surface area contributed by atoms with E-state index in [1.165, 1.54) is 14.2 Å². The Kier molecular flexibility index (Phi) is 8.16. The average Bonchev–Trinajstić information content (AvgIpc) is 3.40. The lowest BCUT2D eigenvalue weighted by atomic mass is 9.99. The van der Waals surface area contributed by atoms with E-state index in [0.29, 0.717) is 67.3 Å². The molecule has 37 heavy (non-hydrogen) atoms. The Morgan fingerprint density at radius 1 is 1.05 bits per heavy atom. The van der Waals surface area contributed by atoms with E-state index in [9.17, 15) is 4.79 Å². The van der Waals surface area contributed by atoms with E-state index in [1.807, 2.05) is 32.1 Å². The van der Waals surface area contributed by atoms with Crippen LogP contribution in [-0.2, 0) is 0 Å². The lowest BCUT2D eigenvalue weighted by Gasteiger charge is -2.21. The van der Waals surface area contributed by atoms with Gasteiger partial charge in [0.25, 0.3) is 5.91 Å². The van der Waals surface area contributed by atoms with Crippen molar-refractivity contribution in [2.75, 3.05) is 53.4 Å². The number of benzene rings is 2. The normalized spacial score (nSPS) is 12.7. The van der Waals surface area contributed by atoms with Gasteiger partial charge in [-0.25, -0.2) is 15.0 Å². The third-order valence-electron chi connectivity index (χ3n) is 5.95. The molecule has 1 N–H and O–H groups in total. The monoisotopic (exact) mass is 542 g/mol. The summed E-state index contributed by atoms with van der Waals surface area (Å²) in [5.41, 5.74) is 2.29. The van der Waals surface area contributed by atoms with Gasteiger partial charge in [0.05, 0.1) is 41.5 Å². The van der Waals surface area contributed by atoms with Crippen molar-refractivity contribution in [3.8, 4) is 22.6 Å². The molecule has 0 saturated heterocycles. The zero-order valence-corrected chi connectivity index (χ0v) is 22.8. The minimum atomic E-state index is -0.331. The van der Waals surface area contributed by atoms with E-state index >= 15 is 0 Å². The van der Waals surface area contributed by atoms with Gasteiger partial charge in [0.15, 0.2) is 0 Å². The molecule has 1 aliphatic rings. The molecule has 1 aliphatic heterocycles. The number of carbonyl (C=O) groups excluding carboxylic acids is 1. The number of methoxy groups -OCH3 is 2. The summed E-state index contributed by atoms with van der Waals surface area (Å²) in [5.74, 6) is 1.67. The number of rotatable bonds is 8. The molecule has 194 valence electrons. The lowest BCUT2D eigenvalue weighted by molar-refractivity contribution is 0.0978. The molecule has 0 fully saturated rings. The number of amides is 1. The van der Waals surface area contributed by atoms with Crippen LogP contribution in [0.4, 0.5) is 5.82 Å². The number of nitrogens with one attached hydrogen (secondary N) is 1. The summed E-state index contributed by atoms with van der Waals surface area (Å²) in [7, 11) is 8.99. The Morgan fingerprint density at radius 2 is 1.76 bits per heavy atom. The van der Waals surface area contributed by atoms with Crippen LogP contribution >= 0.6 is 23.2 Å². The Labute approximate surface area is 225 Å². The number of anilines is 1. The zero-order valence-electron chi connectivity index (χ0n) is 21.3. The van der Waals surface area contributed by atoms with Crippen LogP contribution in [0.2, 0.25) is 10.0 Å². The maximum absolute atomic E-state index is 13.2. The van der Waals surface area contributed by atoms with Gasteiger partial charge in [0.2, 0.25) is 0 Å². The molecule has 0 aliphatic carbocycles. The summed E-state index contributed by atoms with van der Waals surface area (Å²) in [4.78, 5) is 31.0. The van der Waals surface area contributed by atoms with Crippen LogP contribution in [0.3, 0.4) is 0 Å². The van der Waals surface area contributed by atoms with Crippen molar-refractivity contribution in [2.24, 2.45) is 4.99 Å². The van der Waals surface area contributed by atoms with Crippen molar-refractivity contribution < 1.29 is 14.3 Å². The van der Waals surface area contributed by atoms with Crippen LogP contribution in [0.1, 0.15) is 16.8 Å². The third kappa shape index (κ3) is 5.49. The van der Waals surface area contributed by atoms with E-state index in [0.717, 1.165) is 13.1 Å². The van der Waals surface area contributed by atoms with Gasteiger partial charge >= 0.3 is 0 Å². The smallest absolute Gasteiger partial charge is 0.258 e. The van der Waals surface area contributed by atoms with Crippen LogP contribution in [-0.4, -0.2) is 75.1 Å². The first-order valence-electron chi connectivity index (χ1n) is 11.5. The number of nitrogens with zero attached hydrogens (tertiary/aromatic N) is 5. The number of fused-ring (bicyclic) bond motifs is 1. The van der Waals surface area contributed by atoms with E-state index in [2.05, 4.69) is 20.2 Å². The lowest BCUT2D eigenvalue weighted by Crippen LogP contribution is -2.30. The first-order chi connectivity index (χ1) is 17.7. The standard InChI is InChI=1S/C26H28Cl2N6O3/c1-33(2)11-12-34(3)20-14-30-24-16(26(35)31-19-7-6-10-29-19)9-8-15(25(24)32-20)21-22(27)17(36-4)13-18(37-5)23(21)28/h6,8-10,13-14H,7,11-12H2,1-5H3,(H,29,31,35). The van der Waals surface area contributed by atoms with Gasteiger partial charge in [-0.1, -0.05) is 35.3 Å². The second-order valence-electron chi connectivity index (χ2n) is 8.71. The molecule has 1 amide bonds. The minimum absolute atomic E-state index is 0.298. The molecular weight excluding hydrogens is 515 g/mol. The molecule has 0 spiro atoms. The predicted molar refractivity (Wildman–Crippen MR) is 149 cm³/mol. The van der Waals surface area contributed by atoms with Crippen molar-refractivity contribution in [3.05, 3.63) is 52.3 Å². The van der Waals surface area contributed by atoms with Gasteiger partial charge in [-0.2, -0.15) is 0 Å². The molecule has 3 aromatic rings.